The minimum atomic E-state index is -0.222. The number of hydrogen-bond acceptors (Lipinski definition) is 5. The predicted molar refractivity (Wildman–Crippen MR) is 131 cm³/mol. The molecule has 0 spiro atoms. The lowest BCUT2D eigenvalue weighted by Gasteiger charge is -2.26. The lowest BCUT2D eigenvalue weighted by atomic mass is 9.98. The van der Waals surface area contributed by atoms with Gasteiger partial charge >= 0.3 is 0 Å². The highest BCUT2D eigenvalue weighted by atomic mass is 35.5. The molecule has 0 radical (unpaired) electrons. The molecule has 0 bridgehead atoms. The first-order chi connectivity index (χ1) is 15.9. The minimum absolute atomic E-state index is 0.0457. The van der Waals surface area contributed by atoms with Gasteiger partial charge in [-0.15, -0.1) is 0 Å². The molecule has 1 fully saturated rings. The van der Waals surface area contributed by atoms with E-state index in [1.807, 2.05) is 24.3 Å². The van der Waals surface area contributed by atoms with Crippen molar-refractivity contribution in [2.45, 2.75) is 31.3 Å². The average molecular weight is 485 g/mol. The molecule has 1 saturated heterocycles. The number of benzene rings is 2. The Morgan fingerprint density at radius 2 is 1.97 bits per heavy atom. The molecule has 1 N–H and O–H groups in total. The quantitative estimate of drug-likeness (QED) is 0.427. The standard InChI is InChI=1S/C24H25ClN4O3S/c1-3-15(2)16-4-7-18(8-5-16)29-23(32)19-9-6-17(25)12-20(19)27-24(29)33-14-22(31)28-11-10-26-21(30)13-28/h4-9,12,15H,3,10-11,13-14H2,1-2H3,(H,26,30). The van der Waals surface area contributed by atoms with Crippen LogP contribution in [-0.4, -0.2) is 51.7 Å². The van der Waals surface area contributed by atoms with Gasteiger partial charge in [0.1, 0.15) is 0 Å². The van der Waals surface area contributed by atoms with E-state index in [-0.39, 0.29) is 29.7 Å². The summed E-state index contributed by atoms with van der Waals surface area (Å²) in [5.41, 5.74) is 2.14. The number of carbonyl (C=O) groups is 2. The summed E-state index contributed by atoms with van der Waals surface area (Å²) in [6.45, 7) is 5.25. The molecule has 1 aromatic heterocycles. The number of aromatic nitrogens is 2. The maximum Gasteiger partial charge on any atom is 0.266 e. The Bertz CT molecular complexity index is 1260. The van der Waals surface area contributed by atoms with E-state index in [2.05, 4.69) is 24.1 Å². The highest BCUT2D eigenvalue weighted by molar-refractivity contribution is 7.99. The van der Waals surface area contributed by atoms with Crippen molar-refractivity contribution in [1.29, 1.82) is 0 Å². The van der Waals surface area contributed by atoms with E-state index in [0.717, 1.165) is 6.42 Å². The Morgan fingerprint density at radius 3 is 2.67 bits per heavy atom. The Kier molecular flexibility index (Phi) is 7.05. The first-order valence-electron chi connectivity index (χ1n) is 10.9. The van der Waals surface area contributed by atoms with Crippen LogP contribution in [0.4, 0.5) is 0 Å². The number of hydrogen-bond donors (Lipinski definition) is 1. The van der Waals surface area contributed by atoms with Gasteiger partial charge in [-0.2, -0.15) is 0 Å². The molecule has 4 rings (SSSR count). The summed E-state index contributed by atoms with van der Waals surface area (Å²) in [6, 6.07) is 12.8. The van der Waals surface area contributed by atoms with Gasteiger partial charge < -0.3 is 10.2 Å². The van der Waals surface area contributed by atoms with E-state index in [1.165, 1.54) is 26.8 Å². The minimum Gasteiger partial charge on any atom is -0.353 e. The zero-order valence-electron chi connectivity index (χ0n) is 18.5. The number of halogens is 1. The molecule has 9 heteroatoms. The second-order valence-corrected chi connectivity index (χ2v) is 9.43. The van der Waals surface area contributed by atoms with Gasteiger partial charge in [-0.25, -0.2) is 4.98 Å². The molecule has 1 unspecified atom stereocenters. The van der Waals surface area contributed by atoms with E-state index in [0.29, 0.717) is 45.8 Å². The predicted octanol–water partition coefficient (Wildman–Crippen LogP) is 3.60. The van der Waals surface area contributed by atoms with Crippen molar-refractivity contribution < 1.29 is 9.59 Å². The molecular formula is C24H25ClN4O3S. The van der Waals surface area contributed by atoms with Crippen LogP contribution in [0.25, 0.3) is 16.6 Å². The van der Waals surface area contributed by atoms with Crippen LogP contribution >= 0.6 is 23.4 Å². The largest absolute Gasteiger partial charge is 0.353 e. The van der Waals surface area contributed by atoms with Crippen LogP contribution in [-0.2, 0) is 9.59 Å². The SMILES string of the molecule is CCC(C)c1ccc(-n2c(SCC(=O)N3CCNC(=O)C3)nc3cc(Cl)ccc3c2=O)cc1. The molecule has 172 valence electrons. The van der Waals surface area contributed by atoms with Gasteiger partial charge in [-0.1, -0.05) is 49.3 Å². The molecular weight excluding hydrogens is 460 g/mol. The molecule has 0 aliphatic carbocycles. The number of nitrogens with one attached hydrogen (secondary N) is 1. The number of rotatable bonds is 6. The van der Waals surface area contributed by atoms with Crippen LogP contribution in [0.5, 0.6) is 0 Å². The lowest BCUT2D eigenvalue weighted by Crippen LogP contribution is -2.50. The van der Waals surface area contributed by atoms with Gasteiger partial charge in [0, 0.05) is 18.1 Å². The maximum atomic E-state index is 13.4. The van der Waals surface area contributed by atoms with Crippen LogP contribution < -0.4 is 10.9 Å². The Hall–Kier alpha value is -2.84. The van der Waals surface area contributed by atoms with Crippen molar-refractivity contribution in [2.75, 3.05) is 25.4 Å². The van der Waals surface area contributed by atoms with Gasteiger partial charge in [-0.3, -0.25) is 19.0 Å². The Morgan fingerprint density at radius 1 is 1.21 bits per heavy atom. The van der Waals surface area contributed by atoms with Crippen LogP contribution in [0.15, 0.2) is 52.4 Å². The van der Waals surface area contributed by atoms with Gasteiger partial charge in [0.2, 0.25) is 11.8 Å². The monoisotopic (exact) mass is 484 g/mol. The molecule has 3 aromatic rings. The first kappa shape index (κ1) is 23.3. The number of nitrogens with zero attached hydrogens (tertiary/aromatic N) is 3. The number of thioether (sulfide) groups is 1. The number of piperazine rings is 1. The third-order valence-electron chi connectivity index (χ3n) is 5.85. The van der Waals surface area contributed by atoms with Crippen LogP contribution in [0.3, 0.4) is 0 Å². The summed E-state index contributed by atoms with van der Waals surface area (Å²) in [6.07, 6.45) is 1.02. The summed E-state index contributed by atoms with van der Waals surface area (Å²) >= 11 is 7.31. The van der Waals surface area contributed by atoms with E-state index < -0.39 is 0 Å². The molecule has 2 heterocycles. The molecule has 7 nitrogen and oxygen atoms in total. The van der Waals surface area contributed by atoms with Crippen LogP contribution in [0.2, 0.25) is 5.02 Å². The van der Waals surface area contributed by atoms with Crippen molar-refractivity contribution in [1.82, 2.24) is 19.8 Å². The molecule has 33 heavy (non-hydrogen) atoms. The van der Waals surface area contributed by atoms with Gasteiger partial charge in [0.15, 0.2) is 5.16 Å². The summed E-state index contributed by atoms with van der Waals surface area (Å²) in [5.74, 6) is 0.141. The van der Waals surface area contributed by atoms with E-state index in [4.69, 9.17) is 11.6 Å². The smallest absolute Gasteiger partial charge is 0.266 e. The van der Waals surface area contributed by atoms with Crippen molar-refractivity contribution in [3.8, 4) is 5.69 Å². The number of fused-ring (bicyclic) bond motifs is 1. The fraction of sp³-hybridized carbons (Fsp3) is 0.333. The summed E-state index contributed by atoms with van der Waals surface area (Å²) < 4.78 is 1.54. The van der Waals surface area contributed by atoms with E-state index >= 15 is 0 Å². The fourth-order valence-electron chi connectivity index (χ4n) is 3.72. The van der Waals surface area contributed by atoms with Crippen LogP contribution in [0.1, 0.15) is 31.7 Å². The third-order valence-corrected chi connectivity index (χ3v) is 7.01. The van der Waals surface area contributed by atoms with Crippen molar-refractivity contribution in [3.63, 3.8) is 0 Å². The zero-order valence-corrected chi connectivity index (χ0v) is 20.1. The Labute approximate surface area is 201 Å². The van der Waals surface area contributed by atoms with E-state index in [9.17, 15) is 14.4 Å². The zero-order chi connectivity index (χ0) is 23.5. The van der Waals surface area contributed by atoms with Crippen LogP contribution in [0, 0.1) is 0 Å². The number of carbonyl (C=O) groups excluding carboxylic acids is 2. The van der Waals surface area contributed by atoms with E-state index in [1.54, 1.807) is 18.2 Å². The summed E-state index contributed by atoms with van der Waals surface area (Å²) in [4.78, 5) is 44.0. The third kappa shape index (κ3) is 5.07. The maximum absolute atomic E-state index is 13.4. The molecule has 1 atom stereocenters. The fourth-order valence-corrected chi connectivity index (χ4v) is 4.80. The topological polar surface area (TPSA) is 84.3 Å². The molecule has 0 saturated carbocycles. The summed E-state index contributed by atoms with van der Waals surface area (Å²) in [5, 5.41) is 4.05. The number of amides is 2. The van der Waals surface area contributed by atoms with Crippen molar-refractivity contribution in [3.05, 3.63) is 63.4 Å². The van der Waals surface area contributed by atoms with Crippen molar-refractivity contribution in [2.24, 2.45) is 0 Å². The highest BCUT2D eigenvalue weighted by Gasteiger charge is 2.22. The molecule has 1 aliphatic heterocycles. The Balaban J connectivity index is 1.71. The first-order valence-corrected chi connectivity index (χ1v) is 12.2. The second-order valence-electron chi connectivity index (χ2n) is 8.05. The van der Waals surface area contributed by atoms with Gasteiger partial charge in [-0.05, 0) is 48.2 Å². The average Bonchev–Trinajstić information content (AvgIpc) is 2.82. The van der Waals surface area contributed by atoms with Gasteiger partial charge in [0.25, 0.3) is 5.56 Å². The molecule has 2 aromatic carbocycles. The van der Waals surface area contributed by atoms with Crippen molar-refractivity contribution >= 4 is 46.1 Å². The molecule has 2 amide bonds. The molecule has 1 aliphatic rings. The second kappa shape index (κ2) is 9.97. The lowest BCUT2D eigenvalue weighted by molar-refractivity contribution is -0.136. The normalized spacial score (nSPS) is 14.9. The van der Waals surface area contributed by atoms with Gasteiger partial charge in [0.05, 0.1) is 28.9 Å². The highest BCUT2D eigenvalue weighted by Crippen LogP contribution is 2.25. The summed E-state index contributed by atoms with van der Waals surface area (Å²) in [7, 11) is 0.